The first-order chi connectivity index (χ1) is 21.1. The standard InChI is InChI=1S/C34H37FN6O3/c1-34(2,3)44-33(43)38-28-20-8-10-26(28)41(17-20)32(42)21-13-23(35)30-25(14-21)37-31(39(30)4)27-15-19-7-9-24-22(11-12-36-24)29(19)40(27)16-18-5-6-18/h7,9,11-15,18,20,26,28,36H,5-6,8,10,16-17H2,1-4H3,(H,38,43)/t20-,26-,28-/m1/s1. The number of aryl methyl sites for hydroxylation is 1. The zero-order valence-corrected chi connectivity index (χ0v) is 25.5. The number of carbonyl (C=O) groups is 2. The van der Waals surface area contributed by atoms with Crippen molar-refractivity contribution in [3.63, 3.8) is 0 Å². The molecule has 9 nitrogen and oxygen atoms in total. The van der Waals surface area contributed by atoms with E-state index in [2.05, 4.69) is 39.1 Å². The predicted molar refractivity (Wildman–Crippen MR) is 167 cm³/mol. The molecule has 4 heterocycles. The van der Waals surface area contributed by atoms with E-state index in [1.54, 1.807) is 11.0 Å². The molecule has 2 aromatic carbocycles. The molecule has 44 heavy (non-hydrogen) atoms. The number of hydrogen-bond acceptors (Lipinski definition) is 4. The Labute approximate surface area is 254 Å². The molecular formula is C34H37FN6O3. The summed E-state index contributed by atoms with van der Waals surface area (Å²) >= 11 is 0. The highest BCUT2D eigenvalue weighted by Gasteiger charge is 2.50. The van der Waals surface area contributed by atoms with Crippen LogP contribution in [0.1, 0.15) is 56.8 Å². The van der Waals surface area contributed by atoms with Crippen LogP contribution >= 0.6 is 0 Å². The van der Waals surface area contributed by atoms with Crippen LogP contribution in [0.2, 0.25) is 0 Å². The van der Waals surface area contributed by atoms with Gasteiger partial charge in [-0.2, -0.15) is 0 Å². The number of nitrogens with zero attached hydrogens (tertiary/aromatic N) is 4. The number of aromatic amines is 1. The Morgan fingerprint density at radius 1 is 1.09 bits per heavy atom. The van der Waals surface area contributed by atoms with E-state index in [-0.39, 0.29) is 29.5 Å². The molecule has 2 aliphatic carbocycles. The number of hydrogen-bond donors (Lipinski definition) is 2. The SMILES string of the molecule is Cn1c(-c2cc3ccc4[nH]ccc4c3n2CC2CC2)nc2cc(C(=O)N3C[C@H]4CC[C@@H]3[C@@H]4NC(=O)OC(C)(C)C)cc(F)c21. The van der Waals surface area contributed by atoms with Crippen molar-refractivity contribution in [1.29, 1.82) is 0 Å². The largest absolute Gasteiger partial charge is 0.444 e. The zero-order valence-electron chi connectivity index (χ0n) is 25.5. The Balaban J connectivity index is 1.14. The Hall–Kier alpha value is -4.34. The first-order valence-electron chi connectivity index (χ1n) is 15.6. The molecule has 0 spiro atoms. The molecule has 8 rings (SSSR count). The smallest absolute Gasteiger partial charge is 0.407 e. The van der Waals surface area contributed by atoms with Gasteiger partial charge in [-0.05, 0) is 88.6 Å². The number of likely N-dealkylation sites (tertiary alicyclic amines) is 1. The summed E-state index contributed by atoms with van der Waals surface area (Å²) in [5, 5.41) is 5.28. The lowest BCUT2D eigenvalue weighted by atomic mass is 10.1. The maximum absolute atomic E-state index is 15.9. The maximum Gasteiger partial charge on any atom is 0.407 e. The van der Waals surface area contributed by atoms with Crippen molar-refractivity contribution >= 4 is 44.8 Å². The first kappa shape index (κ1) is 27.2. The molecule has 2 amide bonds. The summed E-state index contributed by atoms with van der Waals surface area (Å²) in [4.78, 5) is 36.4. The van der Waals surface area contributed by atoms with Crippen LogP contribution in [-0.2, 0) is 18.3 Å². The Morgan fingerprint density at radius 2 is 1.91 bits per heavy atom. The van der Waals surface area contributed by atoms with Gasteiger partial charge in [0, 0.05) is 48.2 Å². The van der Waals surface area contributed by atoms with Crippen molar-refractivity contribution in [3.05, 3.63) is 54.0 Å². The number of aromatic nitrogens is 4. The van der Waals surface area contributed by atoms with E-state index in [4.69, 9.17) is 9.72 Å². The quantitative estimate of drug-likeness (QED) is 0.247. The van der Waals surface area contributed by atoms with Crippen LogP contribution in [0.5, 0.6) is 0 Å². The van der Waals surface area contributed by atoms with E-state index < -0.39 is 17.5 Å². The highest BCUT2D eigenvalue weighted by atomic mass is 19.1. The number of benzene rings is 2. The van der Waals surface area contributed by atoms with Crippen LogP contribution in [0.4, 0.5) is 9.18 Å². The molecule has 3 aromatic heterocycles. The highest BCUT2D eigenvalue weighted by molar-refractivity contribution is 6.07. The number of carbonyl (C=O) groups excluding carboxylic acids is 2. The Kier molecular flexibility index (Phi) is 5.93. The molecule has 5 aromatic rings. The van der Waals surface area contributed by atoms with Gasteiger partial charge in [0.1, 0.15) is 16.9 Å². The fourth-order valence-electron chi connectivity index (χ4n) is 7.54. The molecule has 1 saturated heterocycles. The highest BCUT2D eigenvalue weighted by Crippen LogP contribution is 2.41. The molecule has 1 aliphatic heterocycles. The summed E-state index contributed by atoms with van der Waals surface area (Å²) < 4.78 is 25.5. The van der Waals surface area contributed by atoms with Crippen LogP contribution in [0.25, 0.3) is 44.4 Å². The van der Waals surface area contributed by atoms with Gasteiger partial charge >= 0.3 is 6.09 Å². The van der Waals surface area contributed by atoms with Gasteiger partial charge in [-0.1, -0.05) is 6.07 Å². The van der Waals surface area contributed by atoms with Gasteiger partial charge in [0.15, 0.2) is 5.82 Å². The summed E-state index contributed by atoms with van der Waals surface area (Å²) in [5.41, 5.74) is 3.68. The Bertz CT molecular complexity index is 1980. The maximum atomic E-state index is 15.9. The van der Waals surface area contributed by atoms with Gasteiger partial charge in [-0.15, -0.1) is 0 Å². The molecule has 2 N–H and O–H groups in total. The van der Waals surface area contributed by atoms with Crippen molar-refractivity contribution in [2.45, 2.75) is 70.7 Å². The van der Waals surface area contributed by atoms with E-state index in [1.807, 2.05) is 38.6 Å². The number of rotatable bonds is 5. The lowest BCUT2D eigenvalue weighted by Gasteiger charge is -2.28. The number of ether oxygens (including phenoxy) is 1. The first-order valence-corrected chi connectivity index (χ1v) is 15.6. The predicted octanol–water partition coefficient (Wildman–Crippen LogP) is 6.35. The zero-order chi connectivity index (χ0) is 30.5. The fourth-order valence-corrected chi connectivity index (χ4v) is 7.54. The molecule has 3 fully saturated rings. The van der Waals surface area contributed by atoms with E-state index in [9.17, 15) is 9.59 Å². The number of amides is 2. The number of imidazole rings is 1. The van der Waals surface area contributed by atoms with E-state index in [1.165, 1.54) is 18.9 Å². The second-order valence-corrected chi connectivity index (χ2v) is 13.9. The van der Waals surface area contributed by atoms with Gasteiger partial charge in [-0.25, -0.2) is 14.2 Å². The molecular weight excluding hydrogens is 559 g/mol. The van der Waals surface area contributed by atoms with Crippen LogP contribution in [0.3, 0.4) is 0 Å². The number of halogens is 1. The van der Waals surface area contributed by atoms with Crippen LogP contribution in [0, 0.1) is 17.7 Å². The lowest BCUT2D eigenvalue weighted by molar-refractivity contribution is 0.0485. The van der Waals surface area contributed by atoms with Gasteiger partial charge < -0.3 is 29.1 Å². The molecule has 2 saturated carbocycles. The minimum absolute atomic E-state index is 0.145. The second-order valence-electron chi connectivity index (χ2n) is 13.9. The van der Waals surface area contributed by atoms with Crippen molar-refractivity contribution < 1.29 is 18.7 Å². The third kappa shape index (κ3) is 4.37. The summed E-state index contributed by atoms with van der Waals surface area (Å²) in [5.74, 6) is 0.729. The van der Waals surface area contributed by atoms with Crippen molar-refractivity contribution in [3.8, 4) is 11.5 Å². The third-order valence-corrected chi connectivity index (χ3v) is 9.66. The molecule has 2 bridgehead atoms. The fraction of sp³-hybridized carbons (Fsp3) is 0.441. The number of alkyl carbamates (subject to hydrolysis) is 1. The van der Waals surface area contributed by atoms with Crippen molar-refractivity contribution in [1.82, 2.24) is 29.3 Å². The average molecular weight is 597 g/mol. The second kappa shape index (κ2) is 9.58. The molecule has 10 heteroatoms. The van der Waals surface area contributed by atoms with Crippen LogP contribution < -0.4 is 5.32 Å². The number of fused-ring (bicyclic) bond motifs is 6. The number of H-pyrrole nitrogens is 1. The number of nitrogens with one attached hydrogen (secondary N) is 2. The minimum atomic E-state index is -0.605. The summed E-state index contributed by atoms with van der Waals surface area (Å²) in [7, 11) is 1.84. The molecule has 3 aliphatic rings. The van der Waals surface area contributed by atoms with Gasteiger partial charge in [0.25, 0.3) is 5.91 Å². The minimum Gasteiger partial charge on any atom is -0.444 e. The van der Waals surface area contributed by atoms with E-state index >= 15 is 4.39 Å². The molecule has 3 atom stereocenters. The lowest BCUT2D eigenvalue weighted by Crippen LogP contribution is -2.46. The Morgan fingerprint density at radius 3 is 2.68 bits per heavy atom. The number of piperidine rings is 1. The molecule has 0 radical (unpaired) electrons. The van der Waals surface area contributed by atoms with Crippen molar-refractivity contribution in [2.24, 2.45) is 18.9 Å². The van der Waals surface area contributed by atoms with Crippen molar-refractivity contribution in [2.75, 3.05) is 6.54 Å². The molecule has 228 valence electrons. The monoisotopic (exact) mass is 596 g/mol. The van der Waals surface area contributed by atoms with E-state index in [0.29, 0.717) is 29.3 Å². The van der Waals surface area contributed by atoms with E-state index in [0.717, 1.165) is 46.9 Å². The normalized spacial score (nSPS) is 21.7. The summed E-state index contributed by atoms with van der Waals surface area (Å²) in [6.45, 7) is 6.88. The summed E-state index contributed by atoms with van der Waals surface area (Å²) in [6, 6.07) is 11.2. The molecule has 0 unspecified atom stereocenters. The topological polar surface area (TPSA) is 97.2 Å². The van der Waals surface area contributed by atoms with Crippen LogP contribution in [-0.4, -0.2) is 60.2 Å². The summed E-state index contributed by atoms with van der Waals surface area (Å²) in [6.07, 6.45) is 5.61. The van der Waals surface area contributed by atoms with Crippen LogP contribution in [0.15, 0.2) is 42.6 Å². The van der Waals surface area contributed by atoms with Gasteiger partial charge in [0.2, 0.25) is 0 Å². The van der Waals surface area contributed by atoms with Gasteiger partial charge in [-0.3, -0.25) is 4.79 Å². The third-order valence-electron chi connectivity index (χ3n) is 9.66. The average Bonchev–Trinajstić information content (AvgIpc) is 3.31. The van der Waals surface area contributed by atoms with Gasteiger partial charge in [0.05, 0.1) is 28.8 Å².